The van der Waals surface area contributed by atoms with Crippen molar-refractivity contribution in [1.82, 2.24) is 5.32 Å². The van der Waals surface area contributed by atoms with Crippen LogP contribution in [0.25, 0.3) is 0 Å². The average Bonchev–Trinajstić information content (AvgIpc) is 2.48. The van der Waals surface area contributed by atoms with Crippen LogP contribution in [-0.4, -0.2) is 19.0 Å². The second-order valence-electron chi connectivity index (χ2n) is 3.97. The number of carbonyl (C=O) groups is 1. The van der Waals surface area contributed by atoms with Crippen LogP contribution in [0.15, 0.2) is 4.42 Å². The molecule has 0 unspecified atom stereocenters. The smallest absolute Gasteiger partial charge is 0.255 e. The Balaban J connectivity index is 2.59. The predicted octanol–water partition coefficient (Wildman–Crippen LogP) is 1.67. The van der Waals surface area contributed by atoms with E-state index in [1.807, 2.05) is 20.8 Å². The van der Waals surface area contributed by atoms with Gasteiger partial charge in [0.2, 0.25) is 0 Å². The number of furan rings is 1. The third kappa shape index (κ3) is 2.85. The number of amides is 1. The van der Waals surface area contributed by atoms with Crippen molar-refractivity contribution in [3.63, 3.8) is 0 Å². The van der Waals surface area contributed by atoms with Gasteiger partial charge in [0, 0.05) is 12.1 Å². The van der Waals surface area contributed by atoms with Crippen molar-refractivity contribution in [3.05, 3.63) is 22.6 Å². The molecule has 0 aliphatic carbocycles. The van der Waals surface area contributed by atoms with Gasteiger partial charge in [0.05, 0.1) is 5.56 Å². The van der Waals surface area contributed by atoms with E-state index < -0.39 is 0 Å². The molecule has 0 fully saturated rings. The van der Waals surface area contributed by atoms with E-state index in [0.29, 0.717) is 24.4 Å². The number of aryl methyl sites for hydroxylation is 2. The second-order valence-corrected chi connectivity index (χ2v) is 3.97. The maximum absolute atomic E-state index is 11.9. The average molecular weight is 224 g/mol. The molecule has 1 heterocycles. The first-order valence-electron chi connectivity index (χ1n) is 5.62. The standard InChI is InChI=1S/C12H20N2O2/c1-8-9(2)16-10(3)11(8)12(15)14-7-5-4-6-13/h4-7,13H2,1-3H3,(H,14,15). The summed E-state index contributed by atoms with van der Waals surface area (Å²) >= 11 is 0. The Kier molecular flexibility index (Phi) is 4.55. The molecule has 1 aromatic heterocycles. The number of nitrogens with one attached hydrogen (secondary N) is 1. The van der Waals surface area contributed by atoms with Gasteiger partial charge in [0.25, 0.3) is 5.91 Å². The lowest BCUT2D eigenvalue weighted by atomic mass is 10.1. The Hall–Kier alpha value is -1.29. The van der Waals surface area contributed by atoms with E-state index in [2.05, 4.69) is 5.32 Å². The SMILES string of the molecule is Cc1oc(C)c(C(=O)NCCCCN)c1C. The number of unbranched alkanes of at least 4 members (excludes halogenated alkanes) is 1. The number of carbonyl (C=O) groups excluding carboxylic acids is 1. The van der Waals surface area contributed by atoms with Crippen LogP contribution in [0, 0.1) is 20.8 Å². The minimum atomic E-state index is -0.0520. The Labute approximate surface area is 96.2 Å². The molecule has 0 saturated heterocycles. The number of nitrogens with two attached hydrogens (primary N) is 1. The second kappa shape index (κ2) is 5.70. The molecule has 0 aliphatic heterocycles. The summed E-state index contributed by atoms with van der Waals surface area (Å²) in [5.74, 6) is 1.44. The lowest BCUT2D eigenvalue weighted by molar-refractivity contribution is 0.0951. The Morgan fingerprint density at radius 3 is 2.44 bits per heavy atom. The summed E-state index contributed by atoms with van der Waals surface area (Å²) in [6, 6.07) is 0. The lowest BCUT2D eigenvalue weighted by Gasteiger charge is -2.04. The monoisotopic (exact) mass is 224 g/mol. The van der Waals surface area contributed by atoms with E-state index in [1.54, 1.807) is 0 Å². The molecule has 0 spiro atoms. The Morgan fingerprint density at radius 1 is 1.25 bits per heavy atom. The van der Waals surface area contributed by atoms with Crippen molar-refractivity contribution in [3.8, 4) is 0 Å². The predicted molar refractivity (Wildman–Crippen MR) is 63.5 cm³/mol. The summed E-state index contributed by atoms with van der Waals surface area (Å²) in [5, 5.41) is 2.87. The first kappa shape index (κ1) is 12.8. The molecule has 0 saturated carbocycles. The van der Waals surface area contributed by atoms with Gasteiger partial charge in [-0.3, -0.25) is 4.79 Å². The van der Waals surface area contributed by atoms with Crippen LogP contribution < -0.4 is 11.1 Å². The van der Waals surface area contributed by atoms with Gasteiger partial charge in [0.1, 0.15) is 11.5 Å². The van der Waals surface area contributed by atoms with E-state index in [-0.39, 0.29) is 5.91 Å². The van der Waals surface area contributed by atoms with Gasteiger partial charge in [-0.2, -0.15) is 0 Å². The molecular weight excluding hydrogens is 204 g/mol. The maximum atomic E-state index is 11.9. The normalized spacial score (nSPS) is 10.5. The van der Waals surface area contributed by atoms with Crippen molar-refractivity contribution in [2.45, 2.75) is 33.6 Å². The van der Waals surface area contributed by atoms with Crippen LogP contribution in [0.5, 0.6) is 0 Å². The van der Waals surface area contributed by atoms with Gasteiger partial charge in [-0.1, -0.05) is 0 Å². The molecule has 0 aromatic carbocycles. The third-order valence-corrected chi connectivity index (χ3v) is 2.70. The highest BCUT2D eigenvalue weighted by Gasteiger charge is 2.17. The zero-order valence-corrected chi connectivity index (χ0v) is 10.2. The maximum Gasteiger partial charge on any atom is 0.255 e. The zero-order chi connectivity index (χ0) is 12.1. The van der Waals surface area contributed by atoms with Crippen LogP contribution in [0.2, 0.25) is 0 Å². The number of hydrogen-bond donors (Lipinski definition) is 2. The van der Waals surface area contributed by atoms with E-state index in [9.17, 15) is 4.79 Å². The van der Waals surface area contributed by atoms with Crippen LogP contribution in [0.1, 0.15) is 40.3 Å². The molecule has 1 aromatic rings. The van der Waals surface area contributed by atoms with E-state index in [4.69, 9.17) is 10.2 Å². The van der Waals surface area contributed by atoms with Gasteiger partial charge >= 0.3 is 0 Å². The summed E-state index contributed by atoms with van der Waals surface area (Å²) in [6.45, 7) is 6.92. The molecule has 1 rings (SSSR count). The van der Waals surface area contributed by atoms with Crippen LogP contribution in [-0.2, 0) is 0 Å². The van der Waals surface area contributed by atoms with Gasteiger partial charge in [0.15, 0.2) is 0 Å². The lowest BCUT2D eigenvalue weighted by Crippen LogP contribution is -2.25. The fourth-order valence-electron chi connectivity index (χ4n) is 1.69. The molecule has 3 N–H and O–H groups in total. The number of rotatable bonds is 5. The van der Waals surface area contributed by atoms with Crippen LogP contribution >= 0.6 is 0 Å². The molecule has 4 nitrogen and oxygen atoms in total. The zero-order valence-electron chi connectivity index (χ0n) is 10.2. The molecule has 1 amide bonds. The summed E-state index contributed by atoms with van der Waals surface area (Å²) < 4.78 is 5.41. The quantitative estimate of drug-likeness (QED) is 0.748. The molecule has 90 valence electrons. The fourth-order valence-corrected chi connectivity index (χ4v) is 1.69. The molecule has 16 heavy (non-hydrogen) atoms. The highest BCUT2D eigenvalue weighted by molar-refractivity contribution is 5.96. The molecule has 0 atom stereocenters. The molecule has 0 aliphatic rings. The van der Waals surface area contributed by atoms with Crippen molar-refractivity contribution in [2.75, 3.05) is 13.1 Å². The molecule has 0 bridgehead atoms. The van der Waals surface area contributed by atoms with E-state index in [0.717, 1.165) is 24.2 Å². The van der Waals surface area contributed by atoms with Crippen molar-refractivity contribution in [1.29, 1.82) is 0 Å². The largest absolute Gasteiger partial charge is 0.466 e. The first-order valence-corrected chi connectivity index (χ1v) is 5.62. The highest BCUT2D eigenvalue weighted by atomic mass is 16.3. The van der Waals surface area contributed by atoms with Crippen molar-refractivity contribution in [2.24, 2.45) is 5.73 Å². The minimum absolute atomic E-state index is 0.0520. The van der Waals surface area contributed by atoms with E-state index in [1.165, 1.54) is 0 Å². The summed E-state index contributed by atoms with van der Waals surface area (Å²) in [6.07, 6.45) is 1.85. The fraction of sp³-hybridized carbons (Fsp3) is 0.583. The number of hydrogen-bond acceptors (Lipinski definition) is 3. The molecule has 0 radical (unpaired) electrons. The van der Waals surface area contributed by atoms with Crippen LogP contribution in [0.3, 0.4) is 0 Å². The minimum Gasteiger partial charge on any atom is -0.466 e. The van der Waals surface area contributed by atoms with Crippen molar-refractivity contribution < 1.29 is 9.21 Å². The van der Waals surface area contributed by atoms with Gasteiger partial charge in [-0.15, -0.1) is 0 Å². The molecular formula is C12H20N2O2. The first-order chi connectivity index (χ1) is 7.57. The highest BCUT2D eigenvalue weighted by Crippen LogP contribution is 2.20. The van der Waals surface area contributed by atoms with E-state index >= 15 is 0 Å². The molecule has 4 heteroatoms. The van der Waals surface area contributed by atoms with Gasteiger partial charge < -0.3 is 15.5 Å². The van der Waals surface area contributed by atoms with Crippen molar-refractivity contribution >= 4 is 5.91 Å². The van der Waals surface area contributed by atoms with Gasteiger partial charge in [-0.25, -0.2) is 0 Å². The van der Waals surface area contributed by atoms with Crippen LogP contribution in [0.4, 0.5) is 0 Å². The summed E-state index contributed by atoms with van der Waals surface area (Å²) in [4.78, 5) is 11.9. The van der Waals surface area contributed by atoms with Gasteiger partial charge in [-0.05, 0) is 40.2 Å². The summed E-state index contributed by atoms with van der Waals surface area (Å²) in [7, 11) is 0. The topological polar surface area (TPSA) is 68.3 Å². The Bertz CT molecular complexity index is 369. The third-order valence-electron chi connectivity index (χ3n) is 2.70. The summed E-state index contributed by atoms with van der Waals surface area (Å²) in [5.41, 5.74) is 6.98. The Morgan fingerprint density at radius 2 is 1.94 bits per heavy atom.